The van der Waals surface area contributed by atoms with Crippen LogP contribution in [0.3, 0.4) is 0 Å². The first kappa shape index (κ1) is 17.4. The summed E-state index contributed by atoms with van der Waals surface area (Å²) in [5.74, 6) is -0.139. The zero-order valence-corrected chi connectivity index (χ0v) is 14.6. The van der Waals surface area contributed by atoms with Crippen LogP contribution in [0.4, 0.5) is 9.80 Å². The molecule has 0 aromatic carbocycles. The Hall–Kier alpha value is -2.45. The summed E-state index contributed by atoms with van der Waals surface area (Å²) in [5.41, 5.74) is 12.5. The normalized spacial score (nSPS) is 17.8. The average molecular weight is 359 g/mol. The summed E-state index contributed by atoms with van der Waals surface area (Å²) < 4.78 is 0. The van der Waals surface area contributed by atoms with E-state index < -0.39 is 6.03 Å². The van der Waals surface area contributed by atoms with Gasteiger partial charge >= 0.3 is 6.03 Å². The Morgan fingerprint density at radius 3 is 2.88 bits per heavy atom. The number of thiophene rings is 1. The van der Waals surface area contributed by atoms with Gasteiger partial charge in [0.25, 0.3) is 5.91 Å². The Balaban J connectivity index is 1.94. The highest BCUT2D eigenvalue weighted by Crippen LogP contribution is 2.35. The van der Waals surface area contributed by atoms with Gasteiger partial charge in [0.2, 0.25) is 0 Å². The monoisotopic (exact) mass is 359 g/mol. The Morgan fingerprint density at radius 2 is 2.16 bits per heavy atom. The quantitative estimate of drug-likeness (QED) is 0.779. The van der Waals surface area contributed by atoms with Crippen molar-refractivity contribution in [3.63, 3.8) is 0 Å². The molecule has 132 valence electrons. The van der Waals surface area contributed by atoms with Gasteiger partial charge in [0.15, 0.2) is 0 Å². The zero-order valence-electron chi connectivity index (χ0n) is 13.8. The lowest BCUT2D eigenvalue weighted by molar-refractivity contribution is 0.0756. The average Bonchev–Trinajstić information content (AvgIpc) is 2.87. The SMILES string of the molecule is NC(=O)Nc1sc(-c2ccccn2)cc1C(=O)N1CCCC[C@H](N)C1. The number of anilines is 1. The number of pyridine rings is 1. The molecule has 1 aliphatic rings. The van der Waals surface area contributed by atoms with Crippen molar-refractivity contribution in [3.8, 4) is 10.6 Å². The van der Waals surface area contributed by atoms with E-state index in [2.05, 4.69) is 10.3 Å². The van der Waals surface area contributed by atoms with Gasteiger partial charge in [-0.1, -0.05) is 12.5 Å². The van der Waals surface area contributed by atoms with E-state index in [0.717, 1.165) is 29.8 Å². The lowest BCUT2D eigenvalue weighted by Gasteiger charge is -2.22. The van der Waals surface area contributed by atoms with E-state index in [1.165, 1.54) is 11.3 Å². The minimum atomic E-state index is -0.698. The van der Waals surface area contributed by atoms with Gasteiger partial charge in [0.05, 0.1) is 16.1 Å². The number of carbonyl (C=O) groups excluding carboxylic acids is 2. The van der Waals surface area contributed by atoms with Gasteiger partial charge in [-0.15, -0.1) is 11.3 Å². The Kier molecular flexibility index (Phi) is 5.30. The van der Waals surface area contributed by atoms with Crippen molar-refractivity contribution < 1.29 is 9.59 Å². The van der Waals surface area contributed by atoms with Gasteiger partial charge in [0.1, 0.15) is 5.00 Å². The third-order valence-corrected chi connectivity index (χ3v) is 5.18. The number of rotatable bonds is 3. The maximum absolute atomic E-state index is 13.0. The summed E-state index contributed by atoms with van der Waals surface area (Å²) in [6.07, 6.45) is 4.54. The van der Waals surface area contributed by atoms with Gasteiger partial charge in [-0.2, -0.15) is 0 Å². The van der Waals surface area contributed by atoms with Crippen LogP contribution in [0.15, 0.2) is 30.5 Å². The molecule has 0 spiro atoms. The number of urea groups is 1. The fourth-order valence-corrected chi connectivity index (χ4v) is 3.95. The summed E-state index contributed by atoms with van der Waals surface area (Å²) in [6, 6.07) is 6.60. The summed E-state index contributed by atoms with van der Waals surface area (Å²) in [6.45, 7) is 1.18. The van der Waals surface area contributed by atoms with Gasteiger partial charge in [0, 0.05) is 25.3 Å². The predicted molar refractivity (Wildman–Crippen MR) is 98.5 cm³/mol. The van der Waals surface area contributed by atoms with E-state index >= 15 is 0 Å². The maximum atomic E-state index is 13.0. The van der Waals surface area contributed by atoms with E-state index in [1.807, 2.05) is 18.2 Å². The zero-order chi connectivity index (χ0) is 17.8. The van der Waals surface area contributed by atoms with Crippen LogP contribution in [0.5, 0.6) is 0 Å². The number of hydrogen-bond acceptors (Lipinski definition) is 5. The second-order valence-electron chi connectivity index (χ2n) is 6.06. The standard InChI is InChI=1S/C17H21N5O2S/c18-11-5-2-4-8-22(10-11)16(23)12-9-14(13-6-1-3-7-20-13)25-15(12)21-17(19)24/h1,3,6-7,9,11H,2,4-5,8,10,18H2,(H3,19,21,24)/t11-/m0/s1. The third-order valence-electron chi connectivity index (χ3n) is 4.11. The van der Waals surface area contributed by atoms with Crippen LogP contribution in [0.25, 0.3) is 10.6 Å². The number of nitrogens with zero attached hydrogens (tertiary/aromatic N) is 2. The molecule has 5 N–H and O–H groups in total. The van der Waals surface area contributed by atoms with Crippen molar-refractivity contribution >= 4 is 28.3 Å². The van der Waals surface area contributed by atoms with Gasteiger partial charge in [-0.05, 0) is 31.0 Å². The van der Waals surface area contributed by atoms with E-state index in [9.17, 15) is 9.59 Å². The van der Waals surface area contributed by atoms with Crippen LogP contribution in [0.1, 0.15) is 29.6 Å². The van der Waals surface area contributed by atoms with Crippen LogP contribution in [-0.4, -0.2) is 41.0 Å². The first-order valence-corrected chi connectivity index (χ1v) is 9.03. The molecule has 1 fully saturated rings. The lowest BCUT2D eigenvalue weighted by Crippen LogP contribution is -2.39. The van der Waals surface area contributed by atoms with Crippen LogP contribution in [0, 0.1) is 0 Å². The van der Waals surface area contributed by atoms with E-state index in [0.29, 0.717) is 23.7 Å². The highest BCUT2D eigenvalue weighted by molar-refractivity contribution is 7.20. The van der Waals surface area contributed by atoms with Crippen molar-refractivity contribution in [3.05, 3.63) is 36.0 Å². The number of nitrogens with one attached hydrogen (secondary N) is 1. The molecule has 25 heavy (non-hydrogen) atoms. The Labute approximate surface area is 150 Å². The predicted octanol–water partition coefficient (Wildman–Crippen LogP) is 2.25. The molecule has 7 nitrogen and oxygen atoms in total. The molecule has 0 radical (unpaired) electrons. The molecule has 2 aromatic rings. The van der Waals surface area contributed by atoms with Crippen molar-refractivity contribution in [1.82, 2.24) is 9.88 Å². The topological polar surface area (TPSA) is 114 Å². The van der Waals surface area contributed by atoms with E-state index in [-0.39, 0.29) is 11.9 Å². The molecular formula is C17H21N5O2S. The molecule has 1 saturated heterocycles. The highest BCUT2D eigenvalue weighted by atomic mass is 32.1. The maximum Gasteiger partial charge on any atom is 0.317 e. The Bertz CT molecular complexity index is 762. The smallest absolute Gasteiger partial charge is 0.317 e. The fourth-order valence-electron chi connectivity index (χ4n) is 2.92. The van der Waals surface area contributed by atoms with Crippen molar-refractivity contribution in [2.45, 2.75) is 25.3 Å². The molecule has 1 aliphatic heterocycles. The molecule has 1 atom stereocenters. The molecule has 0 bridgehead atoms. The van der Waals surface area contributed by atoms with Crippen molar-refractivity contribution in [1.29, 1.82) is 0 Å². The largest absolute Gasteiger partial charge is 0.351 e. The number of hydrogen-bond donors (Lipinski definition) is 3. The number of primary amides is 1. The molecule has 3 amide bonds. The molecule has 0 unspecified atom stereocenters. The van der Waals surface area contributed by atoms with E-state index in [4.69, 9.17) is 11.5 Å². The van der Waals surface area contributed by atoms with Crippen LogP contribution >= 0.6 is 11.3 Å². The number of carbonyl (C=O) groups is 2. The van der Waals surface area contributed by atoms with Gasteiger partial charge < -0.3 is 16.4 Å². The number of amides is 3. The van der Waals surface area contributed by atoms with Crippen LogP contribution < -0.4 is 16.8 Å². The van der Waals surface area contributed by atoms with Crippen LogP contribution in [-0.2, 0) is 0 Å². The molecule has 2 aromatic heterocycles. The number of likely N-dealkylation sites (tertiary alicyclic amines) is 1. The molecule has 0 aliphatic carbocycles. The van der Waals surface area contributed by atoms with Gasteiger partial charge in [-0.25, -0.2) is 4.79 Å². The molecule has 8 heteroatoms. The summed E-state index contributed by atoms with van der Waals surface area (Å²) in [7, 11) is 0. The van der Waals surface area contributed by atoms with Gasteiger partial charge in [-0.3, -0.25) is 15.1 Å². The fraction of sp³-hybridized carbons (Fsp3) is 0.353. The first-order chi connectivity index (χ1) is 12.0. The summed E-state index contributed by atoms with van der Waals surface area (Å²) in [4.78, 5) is 31.2. The van der Waals surface area contributed by atoms with Crippen molar-refractivity contribution in [2.75, 3.05) is 18.4 Å². The van der Waals surface area contributed by atoms with E-state index in [1.54, 1.807) is 17.2 Å². The Morgan fingerprint density at radius 1 is 1.32 bits per heavy atom. The summed E-state index contributed by atoms with van der Waals surface area (Å²) >= 11 is 1.29. The highest BCUT2D eigenvalue weighted by Gasteiger charge is 2.25. The molecule has 3 heterocycles. The van der Waals surface area contributed by atoms with Crippen LogP contribution in [0.2, 0.25) is 0 Å². The minimum absolute atomic E-state index is 0.0205. The number of aromatic nitrogens is 1. The molecule has 0 saturated carbocycles. The lowest BCUT2D eigenvalue weighted by atomic mass is 10.1. The first-order valence-electron chi connectivity index (χ1n) is 8.21. The summed E-state index contributed by atoms with van der Waals surface area (Å²) in [5, 5.41) is 3.00. The van der Waals surface area contributed by atoms with Crippen molar-refractivity contribution in [2.24, 2.45) is 11.5 Å². The second kappa shape index (κ2) is 7.62. The molecule has 3 rings (SSSR count). The third kappa shape index (κ3) is 4.15. The minimum Gasteiger partial charge on any atom is -0.351 e. The molecular weight excluding hydrogens is 338 g/mol. The number of nitrogens with two attached hydrogens (primary N) is 2. The second-order valence-corrected chi connectivity index (χ2v) is 7.12.